The van der Waals surface area contributed by atoms with Crippen LogP contribution in [0.2, 0.25) is 0 Å². The summed E-state index contributed by atoms with van der Waals surface area (Å²) in [6.07, 6.45) is 2.39. The van der Waals surface area contributed by atoms with Gasteiger partial charge in [-0.3, -0.25) is 14.4 Å². The molecule has 134 valence electrons. The Bertz CT molecular complexity index is 659. The van der Waals surface area contributed by atoms with Crippen LogP contribution in [0.5, 0.6) is 0 Å². The molecule has 7 nitrogen and oxygen atoms in total. The van der Waals surface area contributed by atoms with E-state index in [-0.39, 0.29) is 23.8 Å². The Morgan fingerprint density at radius 2 is 2.00 bits per heavy atom. The minimum Gasteiger partial charge on any atom is -0.373 e. The van der Waals surface area contributed by atoms with Gasteiger partial charge in [-0.05, 0) is 18.6 Å². The fourth-order valence-electron chi connectivity index (χ4n) is 2.71. The average molecular weight is 344 g/mol. The molecule has 1 aliphatic heterocycles. The second-order valence-corrected chi connectivity index (χ2v) is 5.84. The van der Waals surface area contributed by atoms with E-state index in [0.717, 1.165) is 0 Å². The molecular formula is C18H24N4O3. The molecule has 1 aliphatic rings. The van der Waals surface area contributed by atoms with Crippen molar-refractivity contribution in [2.45, 2.75) is 19.4 Å². The first kappa shape index (κ1) is 18.5. The SMILES string of the molecule is C=CCN1CC[C@H](Nc2ccccc2C(=O)NCCNC(C)=O)C1=O. The molecule has 2 rings (SSSR count). The summed E-state index contributed by atoms with van der Waals surface area (Å²) in [7, 11) is 0. The van der Waals surface area contributed by atoms with Crippen LogP contribution < -0.4 is 16.0 Å². The first-order chi connectivity index (χ1) is 12.0. The van der Waals surface area contributed by atoms with Crippen LogP contribution in [0, 0.1) is 0 Å². The molecule has 0 spiro atoms. The van der Waals surface area contributed by atoms with Crippen LogP contribution in [0.1, 0.15) is 23.7 Å². The number of para-hydroxylation sites is 1. The number of nitrogens with one attached hydrogen (secondary N) is 3. The summed E-state index contributed by atoms with van der Waals surface area (Å²) in [5.74, 6) is -0.372. The molecular weight excluding hydrogens is 320 g/mol. The monoisotopic (exact) mass is 344 g/mol. The summed E-state index contributed by atoms with van der Waals surface area (Å²) in [5.41, 5.74) is 1.10. The predicted molar refractivity (Wildman–Crippen MR) is 96.3 cm³/mol. The van der Waals surface area contributed by atoms with Crippen molar-refractivity contribution in [1.29, 1.82) is 0 Å². The number of hydrogen-bond donors (Lipinski definition) is 3. The number of hydrogen-bond acceptors (Lipinski definition) is 4. The largest absolute Gasteiger partial charge is 0.373 e. The minimum atomic E-state index is -0.340. The smallest absolute Gasteiger partial charge is 0.253 e. The van der Waals surface area contributed by atoms with E-state index in [9.17, 15) is 14.4 Å². The number of amides is 3. The van der Waals surface area contributed by atoms with Crippen molar-refractivity contribution in [1.82, 2.24) is 15.5 Å². The molecule has 25 heavy (non-hydrogen) atoms. The van der Waals surface area contributed by atoms with Crippen LogP contribution >= 0.6 is 0 Å². The van der Waals surface area contributed by atoms with Crippen molar-refractivity contribution in [2.75, 3.05) is 31.5 Å². The average Bonchev–Trinajstić information content (AvgIpc) is 2.93. The molecule has 0 unspecified atom stereocenters. The van der Waals surface area contributed by atoms with Gasteiger partial charge in [0.2, 0.25) is 11.8 Å². The Labute approximate surface area is 147 Å². The van der Waals surface area contributed by atoms with Gasteiger partial charge < -0.3 is 20.9 Å². The molecule has 1 fully saturated rings. The van der Waals surface area contributed by atoms with E-state index in [1.807, 2.05) is 6.07 Å². The molecule has 1 aromatic rings. The van der Waals surface area contributed by atoms with E-state index in [1.54, 1.807) is 29.2 Å². The van der Waals surface area contributed by atoms with Crippen LogP contribution in [0.3, 0.4) is 0 Å². The van der Waals surface area contributed by atoms with E-state index in [1.165, 1.54) is 6.92 Å². The Hall–Kier alpha value is -2.83. The maximum absolute atomic E-state index is 12.4. The molecule has 3 N–H and O–H groups in total. The molecule has 1 aromatic carbocycles. The zero-order valence-electron chi connectivity index (χ0n) is 14.4. The molecule has 0 aliphatic carbocycles. The molecule has 0 saturated carbocycles. The predicted octanol–water partition coefficient (Wildman–Crippen LogP) is 0.751. The number of anilines is 1. The molecule has 1 saturated heterocycles. The standard InChI is InChI=1S/C18H24N4O3/c1-3-11-22-12-8-16(18(22)25)21-15-7-5-4-6-14(15)17(24)20-10-9-19-13(2)23/h3-7,16,21H,1,8-12H2,2H3,(H,19,23)(H,20,24)/t16-/m0/s1. The lowest BCUT2D eigenvalue weighted by molar-refractivity contribution is -0.127. The molecule has 3 amide bonds. The number of carbonyl (C=O) groups is 3. The van der Waals surface area contributed by atoms with Gasteiger partial charge in [0, 0.05) is 38.8 Å². The minimum absolute atomic E-state index is 0.0146. The Kier molecular flexibility index (Phi) is 6.56. The zero-order valence-corrected chi connectivity index (χ0v) is 14.4. The summed E-state index contributed by atoms with van der Waals surface area (Å²) in [4.78, 5) is 37.3. The summed E-state index contributed by atoms with van der Waals surface area (Å²) in [6, 6.07) is 6.74. The maximum atomic E-state index is 12.4. The number of rotatable bonds is 8. The topological polar surface area (TPSA) is 90.5 Å². The zero-order chi connectivity index (χ0) is 18.2. The molecule has 0 radical (unpaired) electrons. The molecule has 0 aromatic heterocycles. The number of benzene rings is 1. The Morgan fingerprint density at radius 3 is 2.72 bits per heavy atom. The lowest BCUT2D eigenvalue weighted by Crippen LogP contribution is -2.35. The van der Waals surface area contributed by atoms with Gasteiger partial charge in [-0.25, -0.2) is 0 Å². The summed E-state index contributed by atoms with van der Waals surface area (Å²) in [6.45, 7) is 6.99. The number of nitrogens with zero attached hydrogens (tertiary/aromatic N) is 1. The molecule has 7 heteroatoms. The Balaban J connectivity index is 1.98. The van der Waals surface area contributed by atoms with Crippen LogP contribution in [0.15, 0.2) is 36.9 Å². The second-order valence-electron chi connectivity index (χ2n) is 5.84. The first-order valence-electron chi connectivity index (χ1n) is 8.30. The molecule has 1 atom stereocenters. The highest BCUT2D eigenvalue weighted by Gasteiger charge is 2.31. The summed E-state index contributed by atoms with van der Waals surface area (Å²) < 4.78 is 0. The molecule has 1 heterocycles. The summed E-state index contributed by atoms with van der Waals surface area (Å²) in [5, 5.41) is 8.56. The first-order valence-corrected chi connectivity index (χ1v) is 8.30. The van der Waals surface area contributed by atoms with E-state index in [2.05, 4.69) is 22.5 Å². The van der Waals surface area contributed by atoms with Crippen molar-refractivity contribution in [2.24, 2.45) is 0 Å². The van der Waals surface area contributed by atoms with Gasteiger partial charge in [0.25, 0.3) is 5.91 Å². The van der Waals surface area contributed by atoms with Crippen LogP contribution in [-0.2, 0) is 9.59 Å². The lowest BCUT2D eigenvalue weighted by Gasteiger charge is -2.17. The van der Waals surface area contributed by atoms with Gasteiger partial charge >= 0.3 is 0 Å². The van der Waals surface area contributed by atoms with Crippen molar-refractivity contribution < 1.29 is 14.4 Å². The van der Waals surface area contributed by atoms with Crippen LogP contribution in [-0.4, -0.2) is 54.8 Å². The third kappa shape index (κ3) is 5.07. The van der Waals surface area contributed by atoms with E-state index in [0.29, 0.717) is 43.9 Å². The maximum Gasteiger partial charge on any atom is 0.253 e. The molecule has 0 bridgehead atoms. The normalized spacial score (nSPS) is 16.4. The fraction of sp³-hybridized carbons (Fsp3) is 0.389. The van der Waals surface area contributed by atoms with Crippen molar-refractivity contribution in [3.63, 3.8) is 0 Å². The van der Waals surface area contributed by atoms with E-state index >= 15 is 0 Å². The summed E-state index contributed by atoms with van der Waals surface area (Å²) >= 11 is 0. The van der Waals surface area contributed by atoms with Gasteiger partial charge in [0.05, 0.1) is 5.56 Å². The lowest BCUT2D eigenvalue weighted by atomic mass is 10.1. The van der Waals surface area contributed by atoms with Crippen LogP contribution in [0.4, 0.5) is 5.69 Å². The highest BCUT2D eigenvalue weighted by molar-refractivity contribution is 6.00. The van der Waals surface area contributed by atoms with Gasteiger partial charge in [-0.2, -0.15) is 0 Å². The van der Waals surface area contributed by atoms with Crippen molar-refractivity contribution >= 4 is 23.4 Å². The van der Waals surface area contributed by atoms with Crippen LogP contribution in [0.25, 0.3) is 0 Å². The highest BCUT2D eigenvalue weighted by atomic mass is 16.2. The van der Waals surface area contributed by atoms with Gasteiger partial charge in [0.15, 0.2) is 0 Å². The quantitative estimate of drug-likeness (QED) is 0.479. The third-order valence-electron chi connectivity index (χ3n) is 3.93. The van der Waals surface area contributed by atoms with Gasteiger partial charge in [-0.15, -0.1) is 6.58 Å². The third-order valence-corrected chi connectivity index (χ3v) is 3.93. The fourth-order valence-corrected chi connectivity index (χ4v) is 2.71. The second kappa shape index (κ2) is 8.86. The van der Waals surface area contributed by atoms with E-state index < -0.39 is 0 Å². The van der Waals surface area contributed by atoms with Gasteiger partial charge in [0.1, 0.15) is 6.04 Å². The van der Waals surface area contributed by atoms with Crippen molar-refractivity contribution in [3.8, 4) is 0 Å². The highest BCUT2D eigenvalue weighted by Crippen LogP contribution is 2.20. The van der Waals surface area contributed by atoms with Crippen molar-refractivity contribution in [3.05, 3.63) is 42.5 Å². The Morgan fingerprint density at radius 1 is 1.28 bits per heavy atom. The number of likely N-dealkylation sites (tertiary alicyclic amines) is 1. The van der Waals surface area contributed by atoms with E-state index in [4.69, 9.17) is 0 Å². The number of carbonyl (C=O) groups excluding carboxylic acids is 3. The van der Waals surface area contributed by atoms with Gasteiger partial charge in [-0.1, -0.05) is 18.2 Å².